The molecule has 0 aromatic heterocycles. The Morgan fingerprint density at radius 2 is 1.36 bits per heavy atom. The summed E-state index contributed by atoms with van der Waals surface area (Å²) in [5, 5.41) is 129. The highest BCUT2D eigenvalue weighted by Gasteiger charge is 2.79. The van der Waals surface area contributed by atoms with Gasteiger partial charge in [0.05, 0.1) is 33.0 Å². The summed E-state index contributed by atoms with van der Waals surface area (Å²) in [6.45, 7) is -3.68. The Balaban J connectivity index is 2.20. The molecule has 3 aliphatic heterocycles. The lowest BCUT2D eigenvalue weighted by Gasteiger charge is -2.64. The van der Waals surface area contributed by atoms with E-state index in [9.17, 15) is 61.3 Å². The van der Waals surface area contributed by atoms with E-state index in [4.69, 9.17) is 18.9 Å². The molecule has 0 aliphatic carbocycles. The molecule has 36 heavy (non-hydrogen) atoms. The van der Waals surface area contributed by atoms with Gasteiger partial charge in [0.25, 0.3) is 0 Å². The van der Waals surface area contributed by atoms with E-state index in [2.05, 4.69) is 0 Å². The summed E-state index contributed by atoms with van der Waals surface area (Å²) < 4.78 is 21.0. The van der Waals surface area contributed by atoms with Crippen LogP contribution in [0.15, 0.2) is 0 Å². The van der Waals surface area contributed by atoms with Crippen molar-refractivity contribution in [3.63, 3.8) is 0 Å². The standard InChI is InChI=1S/C20H36O16/c1-2-33-16-20(32,14(27)12(25)9(3-21)36-16)19(31)11(5-23)35-7-17(29,15(19)28)18(30)10(4-22)34-6-8(24)13(18)26/h8-16,21-32H,2-7H2,1H3/t8-,9+,10+,11+,12+,13+,14-,15+,16-,17-,18+,19+,20+/m0/s1. The quantitative estimate of drug-likeness (QED) is 0.145. The summed E-state index contributed by atoms with van der Waals surface area (Å²) in [6.07, 6.45) is -19.2. The summed E-state index contributed by atoms with van der Waals surface area (Å²) in [5.74, 6) is 0. The Bertz CT molecular complexity index is 755. The van der Waals surface area contributed by atoms with Gasteiger partial charge in [-0.3, -0.25) is 0 Å². The van der Waals surface area contributed by atoms with E-state index in [1.165, 1.54) is 6.92 Å². The monoisotopic (exact) mass is 532 g/mol. The number of hydrogen-bond donors (Lipinski definition) is 12. The van der Waals surface area contributed by atoms with E-state index in [-0.39, 0.29) is 6.61 Å². The molecule has 3 aliphatic rings. The van der Waals surface area contributed by atoms with Crippen molar-refractivity contribution < 1.29 is 80.2 Å². The SMILES string of the molecule is CCO[C@H]1O[C@H](CO)[C@@H](O)[C@H](O)[C@]1(O)[C@@]1(O)[C@@H](CO)OC[C@@](O)([C@]2(O)[C@H](O)[C@@H](O)CO[C@@H]2CO)[C@H]1O. The Hall–Kier alpha value is -0.640. The Labute approximate surface area is 205 Å². The van der Waals surface area contributed by atoms with Crippen LogP contribution in [0.25, 0.3) is 0 Å². The van der Waals surface area contributed by atoms with Crippen molar-refractivity contribution in [2.75, 3.05) is 39.6 Å². The van der Waals surface area contributed by atoms with E-state index in [1.807, 2.05) is 0 Å². The van der Waals surface area contributed by atoms with Crippen LogP contribution >= 0.6 is 0 Å². The second-order valence-electron chi connectivity index (χ2n) is 9.38. The summed E-state index contributed by atoms with van der Waals surface area (Å²) in [6, 6.07) is 0. The molecule has 3 rings (SSSR count). The first kappa shape index (κ1) is 29.9. The van der Waals surface area contributed by atoms with Crippen molar-refractivity contribution in [3.8, 4) is 0 Å². The smallest absolute Gasteiger partial charge is 0.192 e. The van der Waals surface area contributed by atoms with E-state index >= 15 is 0 Å². The van der Waals surface area contributed by atoms with Crippen molar-refractivity contribution in [1.82, 2.24) is 0 Å². The molecule has 212 valence electrons. The molecule has 3 fully saturated rings. The third kappa shape index (κ3) is 3.84. The van der Waals surface area contributed by atoms with E-state index in [0.717, 1.165) is 0 Å². The molecule has 0 unspecified atom stereocenters. The number of aliphatic hydroxyl groups is 12. The predicted octanol–water partition coefficient (Wildman–Crippen LogP) is -7.75. The molecule has 0 amide bonds. The van der Waals surface area contributed by atoms with Gasteiger partial charge >= 0.3 is 0 Å². The lowest BCUT2D eigenvalue weighted by atomic mass is 9.58. The number of rotatable bonds is 7. The maximum absolute atomic E-state index is 11.8. The summed E-state index contributed by atoms with van der Waals surface area (Å²) in [5.41, 5.74) is -13.2. The maximum Gasteiger partial charge on any atom is 0.192 e. The highest BCUT2D eigenvalue weighted by molar-refractivity contribution is 5.27. The molecule has 0 aromatic carbocycles. The fourth-order valence-corrected chi connectivity index (χ4v) is 5.46. The average Bonchev–Trinajstić information content (AvgIpc) is 2.86. The molecule has 12 N–H and O–H groups in total. The van der Waals surface area contributed by atoms with Gasteiger partial charge in [0.1, 0.15) is 48.8 Å². The third-order valence-electron chi connectivity index (χ3n) is 7.62. The van der Waals surface area contributed by atoms with E-state index < -0.39 is 111 Å². The molecule has 3 saturated heterocycles. The second-order valence-corrected chi connectivity index (χ2v) is 9.38. The molecule has 0 aromatic rings. The topological polar surface area (TPSA) is 280 Å². The van der Waals surface area contributed by atoms with Gasteiger partial charge in [0.2, 0.25) is 0 Å². The zero-order valence-corrected chi connectivity index (χ0v) is 19.4. The summed E-state index contributed by atoms with van der Waals surface area (Å²) in [7, 11) is 0. The minimum Gasteiger partial charge on any atom is -0.394 e. The number of ether oxygens (including phenoxy) is 4. The van der Waals surface area contributed by atoms with Crippen LogP contribution in [0, 0.1) is 0 Å². The number of aliphatic hydroxyl groups excluding tert-OH is 8. The van der Waals surface area contributed by atoms with Crippen LogP contribution in [-0.4, -0.2) is 178 Å². The maximum atomic E-state index is 11.8. The highest BCUT2D eigenvalue weighted by Crippen LogP contribution is 2.51. The first-order valence-corrected chi connectivity index (χ1v) is 11.4. The molecule has 0 bridgehead atoms. The van der Waals surface area contributed by atoms with Gasteiger partial charge in [-0.1, -0.05) is 0 Å². The van der Waals surface area contributed by atoms with Crippen molar-refractivity contribution in [1.29, 1.82) is 0 Å². The Kier molecular flexibility index (Phi) is 8.72. The van der Waals surface area contributed by atoms with Gasteiger partial charge in [0, 0.05) is 6.61 Å². The predicted molar refractivity (Wildman–Crippen MR) is 111 cm³/mol. The van der Waals surface area contributed by atoms with Gasteiger partial charge < -0.3 is 80.2 Å². The molecule has 0 radical (unpaired) electrons. The van der Waals surface area contributed by atoms with Crippen LogP contribution < -0.4 is 0 Å². The fraction of sp³-hybridized carbons (Fsp3) is 1.00. The van der Waals surface area contributed by atoms with Gasteiger partial charge in [0.15, 0.2) is 28.7 Å². The van der Waals surface area contributed by atoms with Crippen LogP contribution in [0.3, 0.4) is 0 Å². The molecule has 0 spiro atoms. The largest absolute Gasteiger partial charge is 0.394 e. The molecular formula is C20H36O16. The average molecular weight is 532 g/mol. The lowest BCUT2D eigenvalue weighted by Crippen LogP contribution is -2.90. The molecule has 16 heteroatoms. The minimum atomic E-state index is -3.45. The van der Waals surface area contributed by atoms with Crippen molar-refractivity contribution in [3.05, 3.63) is 0 Å². The Morgan fingerprint density at radius 1 is 0.778 bits per heavy atom. The summed E-state index contributed by atoms with van der Waals surface area (Å²) in [4.78, 5) is 0. The van der Waals surface area contributed by atoms with Crippen LogP contribution in [0.5, 0.6) is 0 Å². The minimum absolute atomic E-state index is 0.246. The van der Waals surface area contributed by atoms with Gasteiger partial charge in [-0.2, -0.15) is 0 Å². The van der Waals surface area contributed by atoms with Gasteiger partial charge in [-0.25, -0.2) is 0 Å². The molecule has 13 atom stereocenters. The molecule has 0 saturated carbocycles. The normalized spacial score (nSPS) is 54.4. The zero-order chi connectivity index (χ0) is 27.3. The van der Waals surface area contributed by atoms with Crippen molar-refractivity contribution in [2.45, 2.75) is 84.4 Å². The first-order chi connectivity index (χ1) is 16.8. The van der Waals surface area contributed by atoms with Crippen molar-refractivity contribution in [2.24, 2.45) is 0 Å². The van der Waals surface area contributed by atoms with Gasteiger partial charge in [-0.05, 0) is 6.92 Å². The van der Waals surface area contributed by atoms with Crippen molar-refractivity contribution >= 4 is 0 Å². The fourth-order valence-electron chi connectivity index (χ4n) is 5.46. The van der Waals surface area contributed by atoms with Crippen LogP contribution in [0.4, 0.5) is 0 Å². The molecule has 16 nitrogen and oxygen atoms in total. The lowest BCUT2D eigenvalue weighted by molar-refractivity contribution is -0.438. The Morgan fingerprint density at radius 3 is 1.89 bits per heavy atom. The van der Waals surface area contributed by atoms with E-state index in [0.29, 0.717) is 0 Å². The highest BCUT2D eigenvalue weighted by atomic mass is 16.7. The van der Waals surface area contributed by atoms with Crippen LogP contribution in [-0.2, 0) is 18.9 Å². The molecular weight excluding hydrogens is 496 g/mol. The third-order valence-corrected chi connectivity index (χ3v) is 7.62. The molecule has 3 heterocycles. The second kappa shape index (κ2) is 10.5. The summed E-state index contributed by atoms with van der Waals surface area (Å²) >= 11 is 0. The van der Waals surface area contributed by atoms with Crippen LogP contribution in [0.2, 0.25) is 0 Å². The first-order valence-electron chi connectivity index (χ1n) is 11.4. The van der Waals surface area contributed by atoms with E-state index in [1.54, 1.807) is 0 Å². The zero-order valence-electron chi connectivity index (χ0n) is 19.4. The van der Waals surface area contributed by atoms with Gasteiger partial charge in [-0.15, -0.1) is 0 Å². The number of hydrogen-bond acceptors (Lipinski definition) is 16. The van der Waals surface area contributed by atoms with Crippen LogP contribution in [0.1, 0.15) is 6.92 Å².